The summed E-state index contributed by atoms with van der Waals surface area (Å²) < 4.78 is 70.6. The number of aliphatic hydroxyl groups is 1. The van der Waals surface area contributed by atoms with Crippen LogP contribution in [-0.2, 0) is 25.5 Å². The van der Waals surface area contributed by atoms with Gasteiger partial charge in [0.1, 0.15) is 11.5 Å². The van der Waals surface area contributed by atoms with Gasteiger partial charge in [0, 0.05) is 36.6 Å². The molecule has 3 heterocycles. The third-order valence-corrected chi connectivity index (χ3v) is 5.60. The van der Waals surface area contributed by atoms with Gasteiger partial charge in [0.15, 0.2) is 5.82 Å². The van der Waals surface area contributed by atoms with E-state index in [1.54, 1.807) is 30.5 Å². The number of hydrogen-bond donors (Lipinski definition) is 2. The number of alkyl halides is 5. The van der Waals surface area contributed by atoms with Crippen LogP contribution in [0, 0.1) is 0 Å². The Morgan fingerprint density at radius 2 is 1.80 bits per heavy atom. The van der Waals surface area contributed by atoms with Gasteiger partial charge >= 0.3 is 12.1 Å². The number of tetrazole rings is 1. The van der Waals surface area contributed by atoms with E-state index in [1.165, 1.54) is 4.57 Å². The number of hydrogen-bond acceptors (Lipinski definition) is 5. The van der Waals surface area contributed by atoms with E-state index < -0.39 is 30.1 Å². The summed E-state index contributed by atoms with van der Waals surface area (Å²) >= 11 is 0. The van der Waals surface area contributed by atoms with E-state index in [2.05, 4.69) is 25.6 Å². The Bertz CT molecular complexity index is 1260. The van der Waals surface area contributed by atoms with Crippen molar-refractivity contribution in [3.63, 3.8) is 0 Å². The number of aliphatic hydroxyl groups excluding tert-OH is 1. The molecule has 35 heavy (non-hydrogen) atoms. The SMILES string of the molecule is CCCCc1nc(C(F)(F)C(F)(F)F)c(CO)n1Cc1ccc(-n2ccc(-c3nnn[nH]3)c2)cc1. The van der Waals surface area contributed by atoms with Gasteiger partial charge in [-0.25, -0.2) is 10.1 Å². The molecule has 0 spiro atoms. The van der Waals surface area contributed by atoms with Gasteiger partial charge in [0.25, 0.3) is 0 Å². The second-order valence-corrected chi connectivity index (χ2v) is 7.97. The molecule has 0 saturated heterocycles. The number of unbranched alkanes of at least 4 members (excludes halogenated alkanes) is 1. The minimum absolute atomic E-state index is 0.0170. The summed E-state index contributed by atoms with van der Waals surface area (Å²) in [5.74, 6) is -4.59. The summed E-state index contributed by atoms with van der Waals surface area (Å²) in [6.07, 6.45) is -0.750. The van der Waals surface area contributed by atoms with Gasteiger partial charge in [-0.15, -0.1) is 5.10 Å². The molecule has 0 aliphatic heterocycles. The number of benzene rings is 1. The van der Waals surface area contributed by atoms with Gasteiger partial charge in [0.2, 0.25) is 0 Å². The van der Waals surface area contributed by atoms with E-state index in [0.717, 1.165) is 11.3 Å². The highest BCUT2D eigenvalue weighted by Gasteiger charge is 2.61. The van der Waals surface area contributed by atoms with Crippen LogP contribution < -0.4 is 0 Å². The van der Waals surface area contributed by atoms with Crippen molar-refractivity contribution < 1.29 is 27.1 Å². The third-order valence-electron chi connectivity index (χ3n) is 5.60. The molecule has 0 saturated carbocycles. The highest BCUT2D eigenvalue weighted by atomic mass is 19.4. The van der Waals surface area contributed by atoms with Crippen molar-refractivity contribution in [2.45, 2.75) is 51.4 Å². The molecule has 0 fully saturated rings. The minimum Gasteiger partial charge on any atom is -0.390 e. The number of nitrogens with zero attached hydrogens (tertiary/aromatic N) is 6. The summed E-state index contributed by atoms with van der Waals surface area (Å²) in [5, 5.41) is 23.3. The van der Waals surface area contributed by atoms with Crippen molar-refractivity contribution in [2.75, 3.05) is 0 Å². The van der Waals surface area contributed by atoms with E-state index in [0.29, 0.717) is 24.2 Å². The van der Waals surface area contributed by atoms with Gasteiger partial charge in [-0.2, -0.15) is 22.0 Å². The lowest BCUT2D eigenvalue weighted by Gasteiger charge is -2.19. The number of aryl methyl sites for hydroxylation is 1. The first kappa shape index (κ1) is 24.5. The van der Waals surface area contributed by atoms with Crippen LogP contribution in [0.1, 0.15) is 42.5 Å². The van der Waals surface area contributed by atoms with Gasteiger partial charge in [-0.1, -0.05) is 25.5 Å². The fourth-order valence-electron chi connectivity index (χ4n) is 3.73. The number of nitrogens with one attached hydrogen (secondary N) is 1. The Kier molecular flexibility index (Phi) is 6.70. The Hall–Kier alpha value is -3.61. The van der Waals surface area contributed by atoms with Gasteiger partial charge in [-0.05, 0) is 40.6 Å². The second kappa shape index (κ2) is 9.56. The van der Waals surface area contributed by atoms with Gasteiger partial charge in [-0.3, -0.25) is 0 Å². The lowest BCUT2D eigenvalue weighted by Crippen LogP contribution is -2.35. The maximum atomic E-state index is 14.2. The van der Waals surface area contributed by atoms with Crippen LogP contribution in [0.5, 0.6) is 0 Å². The maximum Gasteiger partial charge on any atom is 0.459 e. The molecule has 0 bridgehead atoms. The first-order valence-corrected chi connectivity index (χ1v) is 10.8. The van der Waals surface area contributed by atoms with Crippen LogP contribution in [0.25, 0.3) is 17.1 Å². The van der Waals surface area contributed by atoms with Crippen molar-refractivity contribution in [1.29, 1.82) is 0 Å². The fraction of sp³-hybridized carbons (Fsp3) is 0.364. The number of aromatic amines is 1. The van der Waals surface area contributed by atoms with Crippen molar-refractivity contribution >= 4 is 0 Å². The Morgan fingerprint density at radius 3 is 2.40 bits per heavy atom. The number of halogens is 5. The molecule has 1 aromatic carbocycles. The van der Waals surface area contributed by atoms with Crippen LogP contribution in [0.15, 0.2) is 42.7 Å². The number of aromatic nitrogens is 7. The molecule has 0 amide bonds. The molecule has 0 unspecified atom stereocenters. The Labute approximate surface area is 196 Å². The zero-order chi connectivity index (χ0) is 25.2. The Morgan fingerprint density at radius 1 is 1.06 bits per heavy atom. The van der Waals surface area contributed by atoms with Gasteiger partial charge in [0.05, 0.1) is 12.3 Å². The predicted molar refractivity (Wildman–Crippen MR) is 115 cm³/mol. The molecule has 4 rings (SSSR count). The number of imidazole rings is 1. The zero-order valence-electron chi connectivity index (χ0n) is 18.6. The fourth-order valence-corrected chi connectivity index (χ4v) is 3.73. The first-order valence-electron chi connectivity index (χ1n) is 10.8. The van der Waals surface area contributed by atoms with Crippen LogP contribution in [-0.4, -0.2) is 46.0 Å². The average Bonchev–Trinajstić information content (AvgIpc) is 3.57. The third kappa shape index (κ3) is 4.81. The normalized spacial score (nSPS) is 12.4. The standard InChI is InChI=1S/C22H22F5N7O/c1-2-3-4-18-28-19(21(23,24)22(25,26)27)17(13-35)34(18)11-14-5-7-16(8-6-14)33-10-9-15(12-33)20-29-31-32-30-20/h5-10,12,35H,2-4,11,13H2,1H3,(H,29,30,31,32). The second-order valence-electron chi connectivity index (χ2n) is 7.97. The maximum absolute atomic E-state index is 14.2. The highest BCUT2D eigenvalue weighted by Crippen LogP contribution is 2.45. The summed E-state index contributed by atoms with van der Waals surface area (Å²) in [6.45, 7) is 0.855. The van der Waals surface area contributed by atoms with E-state index in [1.807, 2.05) is 23.8 Å². The van der Waals surface area contributed by atoms with Crippen LogP contribution in [0.2, 0.25) is 0 Å². The van der Waals surface area contributed by atoms with Crippen LogP contribution in [0.4, 0.5) is 22.0 Å². The van der Waals surface area contributed by atoms with Gasteiger partial charge < -0.3 is 14.2 Å². The van der Waals surface area contributed by atoms with Crippen LogP contribution >= 0.6 is 0 Å². The topological polar surface area (TPSA) is 97.4 Å². The molecule has 3 aromatic heterocycles. The molecule has 0 radical (unpaired) electrons. The quantitative estimate of drug-likeness (QED) is 0.336. The lowest BCUT2D eigenvalue weighted by atomic mass is 10.1. The van der Waals surface area contributed by atoms with E-state index >= 15 is 0 Å². The molecular formula is C22H22F5N7O. The van der Waals surface area contributed by atoms with Crippen molar-refractivity contribution in [3.05, 3.63) is 65.5 Å². The molecule has 0 aliphatic carbocycles. The first-order chi connectivity index (χ1) is 16.7. The van der Waals surface area contributed by atoms with Crippen LogP contribution in [0.3, 0.4) is 0 Å². The summed E-state index contributed by atoms with van der Waals surface area (Å²) in [7, 11) is 0. The molecule has 0 atom stereocenters. The largest absolute Gasteiger partial charge is 0.459 e. The monoisotopic (exact) mass is 495 g/mol. The summed E-state index contributed by atoms with van der Waals surface area (Å²) in [5.41, 5.74) is 0.210. The molecule has 0 aliphatic rings. The van der Waals surface area contributed by atoms with Crippen molar-refractivity contribution in [2.24, 2.45) is 0 Å². The van der Waals surface area contributed by atoms with E-state index in [4.69, 9.17) is 0 Å². The van der Waals surface area contributed by atoms with E-state index in [-0.39, 0.29) is 18.8 Å². The average molecular weight is 495 g/mol. The molecule has 186 valence electrons. The minimum atomic E-state index is -5.82. The van der Waals surface area contributed by atoms with E-state index in [9.17, 15) is 27.1 Å². The predicted octanol–water partition coefficient (Wildman–Crippen LogP) is 4.39. The molecule has 4 aromatic rings. The number of H-pyrrole nitrogens is 1. The summed E-state index contributed by atoms with van der Waals surface area (Å²) in [6, 6.07) is 8.85. The molecule has 2 N–H and O–H groups in total. The van der Waals surface area contributed by atoms with Crippen molar-refractivity contribution in [3.8, 4) is 17.1 Å². The molecule has 13 heteroatoms. The molecular weight excluding hydrogens is 473 g/mol. The lowest BCUT2D eigenvalue weighted by molar-refractivity contribution is -0.291. The highest BCUT2D eigenvalue weighted by molar-refractivity contribution is 5.54. The number of rotatable bonds is 9. The smallest absolute Gasteiger partial charge is 0.390 e. The molecule has 8 nitrogen and oxygen atoms in total. The Balaban J connectivity index is 1.64. The summed E-state index contributed by atoms with van der Waals surface area (Å²) in [4.78, 5) is 3.65. The zero-order valence-corrected chi connectivity index (χ0v) is 18.6. The van der Waals surface area contributed by atoms with Crippen molar-refractivity contribution in [1.82, 2.24) is 34.7 Å².